The largest absolute Gasteiger partial charge is 0.507 e. The molecule has 0 heterocycles. The lowest BCUT2D eigenvalue weighted by atomic mass is 9.78. The zero-order valence-electron chi connectivity index (χ0n) is 19.2. The number of hydrogen-bond acceptors (Lipinski definition) is 5. The van der Waals surface area contributed by atoms with Gasteiger partial charge in [0.1, 0.15) is 5.75 Å². The van der Waals surface area contributed by atoms with Gasteiger partial charge in [0.2, 0.25) is 0 Å². The predicted molar refractivity (Wildman–Crippen MR) is 127 cm³/mol. The van der Waals surface area contributed by atoms with E-state index in [4.69, 9.17) is 9.47 Å². The highest BCUT2D eigenvalue weighted by molar-refractivity contribution is 9.10. The number of benzene rings is 2. The lowest BCUT2D eigenvalue weighted by molar-refractivity contribution is -0.123. The van der Waals surface area contributed by atoms with Gasteiger partial charge in [0.25, 0.3) is 5.91 Å². The van der Waals surface area contributed by atoms with Crippen LogP contribution in [0.1, 0.15) is 58.2 Å². The van der Waals surface area contributed by atoms with Crippen LogP contribution in [0.3, 0.4) is 0 Å². The number of amides is 1. The predicted octanol–water partition coefficient (Wildman–Crippen LogP) is 5.29. The average Bonchev–Trinajstić information content (AvgIpc) is 2.66. The molecule has 2 aromatic carbocycles. The molecule has 0 aliphatic heterocycles. The molecule has 0 aliphatic rings. The fourth-order valence-electron chi connectivity index (χ4n) is 2.99. The van der Waals surface area contributed by atoms with E-state index in [0.29, 0.717) is 17.2 Å². The highest BCUT2D eigenvalue weighted by Crippen LogP contribution is 2.39. The van der Waals surface area contributed by atoms with Crippen molar-refractivity contribution in [3.05, 3.63) is 51.5 Å². The number of phenolic OH excluding ortho intramolecular Hbond substituents is 1. The second-order valence-electron chi connectivity index (χ2n) is 9.34. The molecule has 31 heavy (non-hydrogen) atoms. The van der Waals surface area contributed by atoms with Gasteiger partial charge in [0.05, 0.1) is 13.3 Å². The Morgan fingerprint density at radius 1 is 1.06 bits per heavy atom. The number of halogens is 1. The third kappa shape index (κ3) is 6.72. The lowest BCUT2D eigenvalue weighted by Gasteiger charge is -2.27. The van der Waals surface area contributed by atoms with Crippen LogP contribution >= 0.6 is 15.9 Å². The maximum Gasteiger partial charge on any atom is 0.277 e. The van der Waals surface area contributed by atoms with Crippen molar-refractivity contribution in [2.75, 3.05) is 13.7 Å². The van der Waals surface area contributed by atoms with Crippen LogP contribution in [0.5, 0.6) is 17.2 Å². The van der Waals surface area contributed by atoms with Crippen LogP contribution in [0.4, 0.5) is 0 Å². The maximum atomic E-state index is 12.1. The highest BCUT2D eigenvalue weighted by Gasteiger charge is 2.26. The summed E-state index contributed by atoms with van der Waals surface area (Å²) in [5.41, 5.74) is 4.45. The number of nitrogens with one attached hydrogen (secondary N) is 1. The number of phenols is 1. The molecule has 0 saturated heterocycles. The van der Waals surface area contributed by atoms with Gasteiger partial charge >= 0.3 is 0 Å². The number of nitrogens with zero attached hydrogens (tertiary/aromatic N) is 1. The Bertz CT molecular complexity index is 938. The summed E-state index contributed by atoms with van der Waals surface area (Å²) < 4.78 is 11.6. The van der Waals surface area contributed by atoms with Crippen molar-refractivity contribution in [2.24, 2.45) is 5.10 Å². The van der Waals surface area contributed by atoms with Crippen LogP contribution in [-0.2, 0) is 15.6 Å². The van der Waals surface area contributed by atoms with Crippen LogP contribution in [0.25, 0.3) is 0 Å². The number of hydrazone groups is 1. The van der Waals surface area contributed by atoms with E-state index in [1.165, 1.54) is 7.11 Å². The number of carbonyl (C=O) groups excluding carboxylic acids is 1. The molecular weight excluding hydrogens is 460 g/mol. The second kappa shape index (κ2) is 9.73. The molecule has 0 radical (unpaired) electrons. The summed E-state index contributed by atoms with van der Waals surface area (Å²) in [7, 11) is 1.54. The van der Waals surface area contributed by atoms with Crippen molar-refractivity contribution in [3.8, 4) is 17.2 Å². The number of carbonyl (C=O) groups is 1. The van der Waals surface area contributed by atoms with Crippen molar-refractivity contribution in [1.82, 2.24) is 5.43 Å². The molecule has 2 aromatic rings. The topological polar surface area (TPSA) is 80.2 Å². The van der Waals surface area contributed by atoms with Crippen LogP contribution in [-0.4, -0.2) is 30.9 Å². The van der Waals surface area contributed by atoms with Gasteiger partial charge in [0.15, 0.2) is 18.1 Å². The lowest BCUT2D eigenvalue weighted by Crippen LogP contribution is -2.24. The summed E-state index contributed by atoms with van der Waals surface area (Å²) in [5, 5.41) is 14.9. The van der Waals surface area contributed by atoms with Crippen molar-refractivity contribution < 1.29 is 19.4 Å². The molecule has 0 unspecified atom stereocenters. The van der Waals surface area contributed by atoms with E-state index in [1.807, 2.05) is 53.7 Å². The molecular formula is C24H31BrN2O4. The molecule has 7 heteroatoms. The van der Waals surface area contributed by atoms with Crippen LogP contribution in [0, 0.1) is 0 Å². The minimum absolute atomic E-state index is 0.203. The Morgan fingerprint density at radius 2 is 1.65 bits per heavy atom. The quantitative estimate of drug-likeness (QED) is 0.425. The summed E-state index contributed by atoms with van der Waals surface area (Å²) in [5.74, 6) is 0.900. The van der Waals surface area contributed by atoms with Crippen LogP contribution in [0.15, 0.2) is 39.9 Å². The van der Waals surface area contributed by atoms with E-state index in [-0.39, 0.29) is 17.4 Å². The fourth-order valence-corrected chi connectivity index (χ4v) is 3.33. The van der Waals surface area contributed by atoms with Crippen LogP contribution in [0.2, 0.25) is 0 Å². The number of rotatable bonds is 6. The average molecular weight is 491 g/mol. The first kappa shape index (κ1) is 24.7. The van der Waals surface area contributed by atoms with Crippen molar-refractivity contribution >= 4 is 28.1 Å². The molecule has 0 saturated carbocycles. The minimum atomic E-state index is -0.396. The van der Waals surface area contributed by atoms with E-state index >= 15 is 0 Å². The molecule has 0 bridgehead atoms. The molecule has 1 amide bonds. The SMILES string of the molecule is COc1cc(Br)ccc1OCC(=O)NN=Cc1cc(C(C)(C)C)c(O)c(C(C)(C)C)c1. The van der Waals surface area contributed by atoms with E-state index in [1.54, 1.807) is 24.4 Å². The van der Waals surface area contributed by atoms with E-state index in [0.717, 1.165) is 21.2 Å². The molecule has 0 spiro atoms. The Kier molecular flexibility index (Phi) is 7.76. The van der Waals surface area contributed by atoms with Gasteiger partial charge in [-0.25, -0.2) is 5.43 Å². The van der Waals surface area contributed by atoms with Gasteiger partial charge in [0, 0.05) is 15.6 Å². The van der Waals surface area contributed by atoms with Crippen LogP contribution < -0.4 is 14.9 Å². The normalized spacial score (nSPS) is 12.1. The Hall–Kier alpha value is -2.54. The van der Waals surface area contributed by atoms with Gasteiger partial charge in [-0.05, 0) is 46.7 Å². The smallest absolute Gasteiger partial charge is 0.277 e. The first-order valence-electron chi connectivity index (χ1n) is 9.99. The van der Waals surface area contributed by atoms with Crippen molar-refractivity contribution in [2.45, 2.75) is 52.4 Å². The van der Waals surface area contributed by atoms with Gasteiger partial charge in [-0.3, -0.25) is 4.79 Å². The highest BCUT2D eigenvalue weighted by atomic mass is 79.9. The van der Waals surface area contributed by atoms with Gasteiger partial charge < -0.3 is 14.6 Å². The summed E-state index contributed by atoms with van der Waals surface area (Å²) in [6, 6.07) is 9.07. The zero-order valence-corrected chi connectivity index (χ0v) is 20.8. The van der Waals surface area contributed by atoms with Gasteiger partial charge in [-0.2, -0.15) is 5.10 Å². The Labute approximate surface area is 192 Å². The molecule has 0 aromatic heterocycles. The zero-order chi connectivity index (χ0) is 23.4. The number of methoxy groups -OCH3 is 1. The number of hydrogen-bond donors (Lipinski definition) is 2. The monoisotopic (exact) mass is 490 g/mol. The van der Waals surface area contributed by atoms with E-state index in [2.05, 4.69) is 26.5 Å². The summed E-state index contributed by atoms with van der Waals surface area (Å²) >= 11 is 3.36. The molecule has 6 nitrogen and oxygen atoms in total. The maximum absolute atomic E-state index is 12.1. The molecule has 0 fully saturated rings. The van der Waals surface area contributed by atoms with Gasteiger partial charge in [-0.1, -0.05) is 57.5 Å². The molecule has 168 valence electrons. The van der Waals surface area contributed by atoms with Crippen molar-refractivity contribution in [1.29, 1.82) is 0 Å². The second-order valence-corrected chi connectivity index (χ2v) is 10.3. The summed E-state index contributed by atoms with van der Waals surface area (Å²) in [6.07, 6.45) is 1.57. The van der Waals surface area contributed by atoms with E-state index < -0.39 is 5.91 Å². The Morgan fingerprint density at radius 3 is 2.16 bits per heavy atom. The number of ether oxygens (including phenoxy) is 2. The van der Waals surface area contributed by atoms with Gasteiger partial charge in [-0.15, -0.1) is 0 Å². The standard InChI is InChI=1S/C24H31BrN2O4/c1-23(2,3)17-10-15(11-18(22(17)29)24(4,5)6)13-26-27-21(28)14-31-19-9-8-16(25)12-20(19)30-7/h8-13,29H,14H2,1-7H3,(H,27,28). The first-order chi connectivity index (χ1) is 14.3. The third-order valence-corrected chi connectivity index (χ3v) is 5.13. The number of aromatic hydroxyl groups is 1. The fraction of sp³-hybridized carbons (Fsp3) is 0.417. The molecule has 0 atom stereocenters. The Balaban J connectivity index is 2.12. The molecule has 2 N–H and O–H groups in total. The third-order valence-electron chi connectivity index (χ3n) is 4.64. The summed E-state index contributed by atoms with van der Waals surface area (Å²) in [4.78, 5) is 12.1. The van der Waals surface area contributed by atoms with E-state index in [9.17, 15) is 9.90 Å². The summed E-state index contributed by atoms with van der Waals surface area (Å²) in [6.45, 7) is 12.1. The molecule has 2 rings (SSSR count). The minimum Gasteiger partial charge on any atom is -0.507 e. The molecule has 0 aliphatic carbocycles. The van der Waals surface area contributed by atoms with Crippen molar-refractivity contribution in [3.63, 3.8) is 0 Å². The first-order valence-corrected chi connectivity index (χ1v) is 10.8.